The SMILES string of the molecule is CC(C)(C)CC(=O)N1CCC(Nc2cccc3cnccc23)C1. The van der Waals surface area contributed by atoms with Gasteiger partial charge in [0.05, 0.1) is 0 Å². The summed E-state index contributed by atoms with van der Waals surface area (Å²) in [6.45, 7) is 7.97. The largest absolute Gasteiger partial charge is 0.380 e. The molecule has 122 valence electrons. The van der Waals surface area contributed by atoms with Crippen LogP contribution in [0.3, 0.4) is 0 Å². The van der Waals surface area contributed by atoms with E-state index in [-0.39, 0.29) is 11.3 Å². The highest BCUT2D eigenvalue weighted by Gasteiger charge is 2.28. The second kappa shape index (κ2) is 6.19. The number of pyridine rings is 1. The van der Waals surface area contributed by atoms with E-state index >= 15 is 0 Å². The van der Waals surface area contributed by atoms with Crippen LogP contribution in [0.15, 0.2) is 36.7 Å². The lowest BCUT2D eigenvalue weighted by atomic mass is 9.92. The van der Waals surface area contributed by atoms with E-state index in [4.69, 9.17) is 0 Å². The molecule has 1 aromatic heterocycles. The summed E-state index contributed by atoms with van der Waals surface area (Å²) in [7, 11) is 0. The average molecular weight is 311 g/mol. The second-order valence-electron chi connectivity index (χ2n) is 7.61. The molecule has 1 atom stereocenters. The van der Waals surface area contributed by atoms with Gasteiger partial charge in [0.25, 0.3) is 0 Å². The summed E-state index contributed by atoms with van der Waals surface area (Å²) in [4.78, 5) is 18.5. The van der Waals surface area contributed by atoms with Gasteiger partial charge in [-0.05, 0) is 24.0 Å². The fraction of sp³-hybridized carbons (Fsp3) is 0.474. The van der Waals surface area contributed by atoms with Crippen molar-refractivity contribution in [3.63, 3.8) is 0 Å². The van der Waals surface area contributed by atoms with E-state index < -0.39 is 0 Å². The number of rotatable bonds is 3. The molecule has 0 spiro atoms. The summed E-state index contributed by atoms with van der Waals surface area (Å²) in [5, 5.41) is 5.93. The number of nitrogens with zero attached hydrogens (tertiary/aromatic N) is 2. The Kier molecular flexibility index (Phi) is 4.24. The summed E-state index contributed by atoms with van der Waals surface area (Å²) in [6.07, 6.45) is 5.31. The number of nitrogens with one attached hydrogen (secondary N) is 1. The summed E-state index contributed by atoms with van der Waals surface area (Å²) in [5.74, 6) is 0.268. The highest BCUT2D eigenvalue weighted by Crippen LogP contribution is 2.26. The molecule has 4 heteroatoms. The maximum Gasteiger partial charge on any atom is 0.223 e. The lowest BCUT2D eigenvalue weighted by Gasteiger charge is -2.23. The van der Waals surface area contributed by atoms with Gasteiger partial charge in [-0.2, -0.15) is 0 Å². The molecular formula is C19H25N3O. The molecule has 0 aliphatic carbocycles. The standard InChI is InChI=1S/C19H25N3O/c1-19(2,3)11-18(23)22-10-8-15(13-22)21-17-6-4-5-14-12-20-9-7-16(14)17/h4-7,9,12,15,21H,8,10-11,13H2,1-3H3. The van der Waals surface area contributed by atoms with Crippen molar-refractivity contribution in [3.05, 3.63) is 36.7 Å². The Morgan fingerprint density at radius 1 is 1.35 bits per heavy atom. The third kappa shape index (κ3) is 3.81. The molecule has 1 aromatic carbocycles. The zero-order valence-electron chi connectivity index (χ0n) is 14.2. The van der Waals surface area contributed by atoms with Crippen molar-refractivity contribution in [3.8, 4) is 0 Å². The van der Waals surface area contributed by atoms with Crippen molar-refractivity contribution in [2.24, 2.45) is 5.41 Å². The minimum atomic E-state index is 0.0469. The average Bonchev–Trinajstić information content (AvgIpc) is 2.95. The number of aromatic nitrogens is 1. The van der Waals surface area contributed by atoms with E-state index in [0.717, 1.165) is 30.6 Å². The number of likely N-dealkylation sites (tertiary alicyclic amines) is 1. The van der Waals surface area contributed by atoms with Crippen molar-refractivity contribution in [2.45, 2.75) is 39.7 Å². The molecule has 0 radical (unpaired) electrons. The zero-order valence-corrected chi connectivity index (χ0v) is 14.2. The first-order valence-corrected chi connectivity index (χ1v) is 8.29. The normalized spacial score (nSPS) is 18.4. The van der Waals surface area contributed by atoms with Gasteiger partial charge in [0.2, 0.25) is 5.91 Å². The highest BCUT2D eigenvalue weighted by molar-refractivity contribution is 5.93. The van der Waals surface area contributed by atoms with Crippen molar-refractivity contribution in [1.82, 2.24) is 9.88 Å². The Morgan fingerprint density at radius 2 is 2.17 bits per heavy atom. The van der Waals surface area contributed by atoms with Crippen LogP contribution in [0, 0.1) is 5.41 Å². The van der Waals surface area contributed by atoms with Crippen molar-refractivity contribution < 1.29 is 4.79 Å². The monoisotopic (exact) mass is 311 g/mol. The minimum Gasteiger partial charge on any atom is -0.380 e. The van der Waals surface area contributed by atoms with Crippen LogP contribution in [0.5, 0.6) is 0 Å². The molecule has 4 nitrogen and oxygen atoms in total. The number of carbonyl (C=O) groups is 1. The van der Waals surface area contributed by atoms with Gasteiger partial charge >= 0.3 is 0 Å². The number of hydrogen-bond donors (Lipinski definition) is 1. The van der Waals surface area contributed by atoms with Crippen LogP contribution < -0.4 is 5.32 Å². The predicted octanol–water partition coefficient (Wildman–Crippen LogP) is 3.68. The Morgan fingerprint density at radius 3 is 2.96 bits per heavy atom. The summed E-state index contributed by atoms with van der Waals surface area (Å²) < 4.78 is 0. The van der Waals surface area contributed by atoms with Crippen LogP contribution in [0.1, 0.15) is 33.6 Å². The van der Waals surface area contributed by atoms with Crippen molar-refractivity contribution in [2.75, 3.05) is 18.4 Å². The lowest BCUT2D eigenvalue weighted by Crippen LogP contribution is -2.33. The molecule has 1 amide bonds. The fourth-order valence-electron chi connectivity index (χ4n) is 3.14. The van der Waals surface area contributed by atoms with E-state index in [0.29, 0.717) is 12.5 Å². The van der Waals surface area contributed by atoms with E-state index in [9.17, 15) is 4.79 Å². The van der Waals surface area contributed by atoms with Gasteiger partial charge in [0.1, 0.15) is 0 Å². The molecule has 23 heavy (non-hydrogen) atoms. The van der Waals surface area contributed by atoms with Crippen LogP contribution in [0.25, 0.3) is 10.8 Å². The maximum atomic E-state index is 12.4. The Bertz CT molecular complexity index is 700. The first kappa shape index (κ1) is 15.8. The molecule has 2 aromatic rings. The maximum absolute atomic E-state index is 12.4. The molecule has 1 fully saturated rings. The van der Waals surface area contributed by atoms with Crippen molar-refractivity contribution in [1.29, 1.82) is 0 Å². The molecule has 3 rings (SSSR count). The second-order valence-corrected chi connectivity index (χ2v) is 7.61. The van der Waals surface area contributed by atoms with E-state index in [1.54, 1.807) is 0 Å². The number of amides is 1. The van der Waals surface area contributed by atoms with E-state index in [1.165, 1.54) is 5.39 Å². The molecule has 1 unspecified atom stereocenters. The molecular weight excluding hydrogens is 286 g/mol. The van der Waals surface area contributed by atoms with Gasteiger partial charge in [-0.1, -0.05) is 32.9 Å². The summed E-state index contributed by atoms with van der Waals surface area (Å²) in [5.41, 5.74) is 1.17. The van der Waals surface area contributed by atoms with E-state index in [2.05, 4.69) is 43.2 Å². The van der Waals surface area contributed by atoms with Crippen LogP contribution in [-0.4, -0.2) is 34.9 Å². The summed E-state index contributed by atoms with van der Waals surface area (Å²) >= 11 is 0. The fourth-order valence-corrected chi connectivity index (χ4v) is 3.14. The summed E-state index contributed by atoms with van der Waals surface area (Å²) in [6, 6.07) is 8.57. The zero-order chi connectivity index (χ0) is 16.4. The Balaban J connectivity index is 1.67. The third-order valence-corrected chi connectivity index (χ3v) is 4.26. The topological polar surface area (TPSA) is 45.2 Å². The molecule has 2 heterocycles. The number of fused-ring (bicyclic) bond motifs is 1. The smallest absolute Gasteiger partial charge is 0.223 e. The lowest BCUT2D eigenvalue weighted by molar-refractivity contribution is -0.132. The highest BCUT2D eigenvalue weighted by atomic mass is 16.2. The Labute approximate surface area is 137 Å². The third-order valence-electron chi connectivity index (χ3n) is 4.26. The molecule has 1 saturated heterocycles. The van der Waals surface area contributed by atoms with Gasteiger partial charge in [0.15, 0.2) is 0 Å². The number of carbonyl (C=O) groups excluding carboxylic acids is 1. The van der Waals surface area contributed by atoms with Gasteiger partial charge < -0.3 is 10.2 Å². The molecule has 1 aliphatic heterocycles. The van der Waals surface area contributed by atoms with Gasteiger partial charge in [0, 0.05) is 54.4 Å². The molecule has 0 saturated carbocycles. The van der Waals surface area contributed by atoms with Gasteiger partial charge in [-0.25, -0.2) is 0 Å². The number of benzene rings is 1. The first-order chi connectivity index (χ1) is 10.9. The van der Waals surface area contributed by atoms with Crippen LogP contribution in [-0.2, 0) is 4.79 Å². The van der Waals surface area contributed by atoms with Gasteiger partial charge in [-0.3, -0.25) is 9.78 Å². The van der Waals surface area contributed by atoms with Gasteiger partial charge in [-0.15, -0.1) is 0 Å². The quantitative estimate of drug-likeness (QED) is 0.940. The predicted molar refractivity (Wildman–Crippen MR) is 94.4 cm³/mol. The van der Waals surface area contributed by atoms with Crippen LogP contribution in [0.4, 0.5) is 5.69 Å². The molecule has 1 N–H and O–H groups in total. The van der Waals surface area contributed by atoms with Crippen LogP contribution >= 0.6 is 0 Å². The molecule has 1 aliphatic rings. The van der Waals surface area contributed by atoms with Crippen molar-refractivity contribution >= 4 is 22.4 Å². The Hall–Kier alpha value is -2.10. The first-order valence-electron chi connectivity index (χ1n) is 8.29. The number of hydrogen-bond acceptors (Lipinski definition) is 3. The van der Waals surface area contributed by atoms with Crippen LogP contribution in [0.2, 0.25) is 0 Å². The number of anilines is 1. The molecule has 0 bridgehead atoms. The minimum absolute atomic E-state index is 0.0469. The van der Waals surface area contributed by atoms with E-state index in [1.807, 2.05) is 29.4 Å².